The Bertz CT molecular complexity index is 1590. The molecule has 2 aromatic heterocycles. The molecule has 0 saturated carbocycles. The summed E-state index contributed by atoms with van der Waals surface area (Å²) in [7, 11) is 1.63. The van der Waals surface area contributed by atoms with Crippen LogP contribution in [0.5, 0.6) is 5.75 Å². The Morgan fingerprint density at radius 2 is 1.92 bits per heavy atom. The number of para-hydroxylation sites is 1. The van der Waals surface area contributed by atoms with Crippen molar-refractivity contribution < 1.29 is 19.4 Å². The summed E-state index contributed by atoms with van der Waals surface area (Å²) >= 11 is 0. The van der Waals surface area contributed by atoms with Gasteiger partial charge in [0.05, 0.1) is 36.1 Å². The summed E-state index contributed by atoms with van der Waals surface area (Å²) in [5, 5.41) is 15.6. The maximum absolute atomic E-state index is 13.5. The molecule has 1 atom stereocenters. The number of cyclic esters (lactones) is 1. The highest BCUT2D eigenvalue weighted by molar-refractivity contribution is 5.89. The van der Waals surface area contributed by atoms with Gasteiger partial charge in [-0.05, 0) is 48.4 Å². The van der Waals surface area contributed by atoms with E-state index in [1.54, 1.807) is 24.7 Å². The predicted octanol–water partition coefficient (Wildman–Crippen LogP) is 3.70. The van der Waals surface area contributed by atoms with E-state index < -0.39 is 11.6 Å². The number of hydrogen-bond donors (Lipinski definition) is 2. The number of pyridine rings is 2. The number of rotatable bonds is 5. The van der Waals surface area contributed by atoms with Crippen molar-refractivity contribution >= 4 is 22.6 Å². The van der Waals surface area contributed by atoms with E-state index in [1.807, 2.05) is 48.5 Å². The quantitative estimate of drug-likeness (QED) is 0.368. The van der Waals surface area contributed by atoms with Crippen LogP contribution in [-0.4, -0.2) is 27.7 Å². The predicted molar refractivity (Wildman–Crippen MR) is 135 cm³/mol. The van der Waals surface area contributed by atoms with E-state index >= 15 is 0 Å². The van der Waals surface area contributed by atoms with Crippen LogP contribution in [0.3, 0.4) is 0 Å². The van der Waals surface area contributed by atoms with Crippen LogP contribution in [-0.2, 0) is 34.8 Å². The first-order valence-electron chi connectivity index (χ1n) is 11.9. The van der Waals surface area contributed by atoms with Gasteiger partial charge in [-0.2, -0.15) is 0 Å². The Hall–Kier alpha value is -4.17. The number of hydrogen-bond acceptors (Lipinski definition) is 7. The summed E-state index contributed by atoms with van der Waals surface area (Å²) in [6, 6.07) is 17.3. The van der Waals surface area contributed by atoms with Crippen molar-refractivity contribution in [2.45, 2.75) is 38.6 Å². The molecule has 0 radical (unpaired) electrons. The number of esters is 1. The molecule has 0 unspecified atom stereocenters. The summed E-state index contributed by atoms with van der Waals surface area (Å²) in [4.78, 5) is 30.9. The number of aliphatic hydroxyl groups is 1. The number of nitrogens with one attached hydrogen (secondary N) is 1. The number of carbonyl (C=O) groups excluding carboxylic acids is 1. The van der Waals surface area contributed by atoms with Crippen molar-refractivity contribution in [3.05, 3.63) is 87.2 Å². The lowest BCUT2D eigenvalue weighted by atomic mass is 9.86. The largest absolute Gasteiger partial charge is 0.497 e. The van der Waals surface area contributed by atoms with E-state index in [0.29, 0.717) is 35.6 Å². The van der Waals surface area contributed by atoms with E-state index in [-0.39, 0.29) is 18.6 Å². The summed E-state index contributed by atoms with van der Waals surface area (Å²) in [5.74, 6) is 0.0556. The molecular formula is C28H25N3O5. The van der Waals surface area contributed by atoms with Crippen molar-refractivity contribution in [3.8, 4) is 17.1 Å². The van der Waals surface area contributed by atoms with Crippen LogP contribution in [0.25, 0.3) is 22.3 Å². The molecule has 0 spiro atoms. The zero-order chi connectivity index (χ0) is 25.0. The van der Waals surface area contributed by atoms with Crippen molar-refractivity contribution in [1.29, 1.82) is 0 Å². The molecule has 0 bridgehead atoms. The molecular weight excluding hydrogens is 458 g/mol. The molecule has 0 amide bonds. The van der Waals surface area contributed by atoms with Gasteiger partial charge in [-0.25, -0.2) is 9.78 Å². The summed E-state index contributed by atoms with van der Waals surface area (Å²) in [6.45, 7) is 2.43. The monoisotopic (exact) mass is 483 g/mol. The van der Waals surface area contributed by atoms with Gasteiger partial charge in [0, 0.05) is 28.7 Å². The van der Waals surface area contributed by atoms with Crippen LogP contribution in [0.2, 0.25) is 0 Å². The Kier molecular flexibility index (Phi) is 5.08. The first-order chi connectivity index (χ1) is 17.4. The highest BCUT2D eigenvalue weighted by Crippen LogP contribution is 2.40. The summed E-state index contributed by atoms with van der Waals surface area (Å²) in [5.41, 5.74) is 3.56. The molecule has 36 heavy (non-hydrogen) atoms. The van der Waals surface area contributed by atoms with Crippen molar-refractivity contribution in [3.63, 3.8) is 0 Å². The Balaban J connectivity index is 1.50. The molecule has 4 aromatic rings. The smallest absolute Gasteiger partial charge is 0.343 e. The van der Waals surface area contributed by atoms with E-state index in [4.69, 9.17) is 14.5 Å². The third-order valence-corrected chi connectivity index (χ3v) is 7.27. The molecule has 6 rings (SSSR count). The van der Waals surface area contributed by atoms with Gasteiger partial charge in [-0.3, -0.25) is 4.79 Å². The van der Waals surface area contributed by atoms with Gasteiger partial charge in [0.2, 0.25) is 0 Å². The fourth-order valence-electron chi connectivity index (χ4n) is 5.21. The fraction of sp³-hybridized carbons (Fsp3) is 0.250. The Morgan fingerprint density at radius 3 is 2.67 bits per heavy atom. The van der Waals surface area contributed by atoms with Gasteiger partial charge in [-0.15, -0.1) is 0 Å². The first-order valence-corrected chi connectivity index (χ1v) is 11.9. The Morgan fingerprint density at radius 1 is 1.14 bits per heavy atom. The summed E-state index contributed by atoms with van der Waals surface area (Å²) in [6.07, 6.45) is 0.108. The molecule has 0 fully saturated rings. The third-order valence-electron chi connectivity index (χ3n) is 7.27. The molecule has 2 aliphatic heterocycles. The van der Waals surface area contributed by atoms with Crippen LogP contribution in [0.15, 0.2) is 59.4 Å². The van der Waals surface area contributed by atoms with Crippen molar-refractivity contribution in [2.24, 2.45) is 0 Å². The molecule has 4 heterocycles. The lowest BCUT2D eigenvalue weighted by molar-refractivity contribution is -0.172. The second kappa shape index (κ2) is 8.20. The minimum atomic E-state index is -1.85. The maximum atomic E-state index is 13.5. The summed E-state index contributed by atoms with van der Waals surface area (Å²) < 4.78 is 12.1. The molecule has 2 aliphatic rings. The van der Waals surface area contributed by atoms with Crippen molar-refractivity contribution in [2.75, 3.05) is 12.4 Å². The number of nitrogens with zero attached hydrogens (tertiary/aromatic N) is 2. The number of fused-ring (bicyclic) bond motifs is 5. The van der Waals surface area contributed by atoms with Gasteiger partial charge in [-0.1, -0.05) is 25.1 Å². The van der Waals surface area contributed by atoms with Crippen LogP contribution in [0, 0.1) is 0 Å². The lowest BCUT2D eigenvalue weighted by Gasteiger charge is -2.31. The van der Waals surface area contributed by atoms with Gasteiger partial charge in [0.1, 0.15) is 12.4 Å². The normalized spacial score (nSPS) is 17.8. The zero-order valence-corrected chi connectivity index (χ0v) is 20.0. The maximum Gasteiger partial charge on any atom is 0.343 e. The van der Waals surface area contributed by atoms with Crippen LogP contribution >= 0.6 is 0 Å². The highest BCUT2D eigenvalue weighted by Gasteiger charge is 2.45. The van der Waals surface area contributed by atoms with Crippen LogP contribution in [0.1, 0.15) is 35.6 Å². The zero-order valence-electron chi connectivity index (χ0n) is 20.0. The first kappa shape index (κ1) is 22.3. The number of aromatic nitrogens is 2. The van der Waals surface area contributed by atoms with E-state index in [0.717, 1.165) is 33.5 Å². The van der Waals surface area contributed by atoms with Crippen molar-refractivity contribution in [1.82, 2.24) is 9.55 Å². The topological polar surface area (TPSA) is 103 Å². The average molecular weight is 484 g/mol. The molecule has 8 heteroatoms. The van der Waals surface area contributed by atoms with E-state index in [9.17, 15) is 14.7 Å². The van der Waals surface area contributed by atoms with E-state index in [1.165, 1.54) is 0 Å². The molecule has 0 saturated heterocycles. The minimum Gasteiger partial charge on any atom is -0.497 e. The SMILES string of the molecule is CC[C@@]1(O)C(=O)OCc2c1cc1n(c2=O)Cc2c-1nc1ccccc1c2CNc1ccc(OC)cc1. The van der Waals surface area contributed by atoms with Gasteiger partial charge < -0.3 is 24.5 Å². The van der Waals surface area contributed by atoms with E-state index in [2.05, 4.69) is 5.32 Å². The molecule has 182 valence electrons. The van der Waals surface area contributed by atoms with Crippen LogP contribution in [0.4, 0.5) is 5.69 Å². The standard InChI is InChI=1S/C28H25N3O5/c1-3-28(34)22-12-24-25-20(14-31(24)26(32)21(22)15-36-27(28)33)19(18-6-4-5-7-23(18)30-25)13-29-16-8-10-17(35-2)11-9-16/h4-12,29,34H,3,13-15H2,1-2H3/t28-/m0/s1. The number of benzene rings is 2. The van der Waals surface area contributed by atoms with Gasteiger partial charge in [0.15, 0.2) is 5.60 Å². The average Bonchev–Trinajstić information content (AvgIpc) is 3.28. The van der Waals surface area contributed by atoms with Gasteiger partial charge in [0.25, 0.3) is 5.56 Å². The third kappa shape index (κ3) is 3.21. The number of ether oxygens (including phenoxy) is 2. The Labute approximate surface area is 207 Å². The van der Waals surface area contributed by atoms with Gasteiger partial charge >= 0.3 is 5.97 Å². The second-order valence-corrected chi connectivity index (χ2v) is 9.12. The minimum absolute atomic E-state index is 0.108. The molecule has 8 nitrogen and oxygen atoms in total. The molecule has 2 aromatic carbocycles. The number of anilines is 1. The highest BCUT2D eigenvalue weighted by atomic mass is 16.6. The van der Waals surface area contributed by atoms with Crippen LogP contribution < -0.4 is 15.6 Å². The second-order valence-electron chi connectivity index (χ2n) is 9.12. The number of carbonyl (C=O) groups is 1. The molecule has 2 N–H and O–H groups in total. The molecule has 0 aliphatic carbocycles. The number of methoxy groups -OCH3 is 1. The fourth-order valence-corrected chi connectivity index (χ4v) is 5.21. The lowest BCUT2D eigenvalue weighted by Crippen LogP contribution is -2.44.